The van der Waals surface area contributed by atoms with Gasteiger partial charge in [0.25, 0.3) is 11.8 Å². The second kappa shape index (κ2) is 9.64. The lowest BCUT2D eigenvalue weighted by atomic mass is 10.1. The summed E-state index contributed by atoms with van der Waals surface area (Å²) in [5.41, 5.74) is 2.09. The Hall–Kier alpha value is -2.35. The predicted octanol–water partition coefficient (Wildman–Crippen LogP) is 1.85. The Balaban J connectivity index is 1.44. The minimum Gasteiger partial charge on any atom is -0.370 e. The van der Waals surface area contributed by atoms with Crippen LogP contribution < -0.4 is 15.1 Å². The van der Waals surface area contributed by atoms with E-state index in [9.17, 15) is 9.59 Å². The number of carbonyl (C=O) groups is 2. The summed E-state index contributed by atoms with van der Waals surface area (Å²) in [6.45, 7) is 7.93. The van der Waals surface area contributed by atoms with Crippen molar-refractivity contribution in [3.63, 3.8) is 0 Å². The highest BCUT2D eigenvalue weighted by Crippen LogP contribution is 2.41. The molecular formula is C23H28N3O3S+. The van der Waals surface area contributed by atoms with Crippen molar-refractivity contribution in [2.75, 3.05) is 50.8 Å². The fraction of sp³-hybridized carbons (Fsp3) is 0.391. The largest absolute Gasteiger partial charge is 0.370 e. The van der Waals surface area contributed by atoms with Gasteiger partial charge in [0.15, 0.2) is 0 Å². The lowest BCUT2D eigenvalue weighted by Crippen LogP contribution is -3.14. The van der Waals surface area contributed by atoms with Crippen molar-refractivity contribution in [2.24, 2.45) is 0 Å². The number of carbonyl (C=O) groups excluding carboxylic acids is 2. The van der Waals surface area contributed by atoms with Crippen molar-refractivity contribution >= 4 is 29.3 Å². The SMILES string of the molecule is CCN1C(=O)c2ccccc2Sc2ccc(C(=O)NCCC[NH+]3CCOCC3)cc21. The third kappa shape index (κ3) is 4.53. The summed E-state index contributed by atoms with van der Waals surface area (Å²) in [6, 6.07) is 13.3. The van der Waals surface area contributed by atoms with E-state index in [1.54, 1.807) is 16.7 Å². The van der Waals surface area contributed by atoms with E-state index in [0.29, 0.717) is 24.2 Å². The maximum atomic E-state index is 13.1. The second-order valence-corrected chi connectivity index (χ2v) is 8.64. The van der Waals surface area contributed by atoms with Crippen LogP contribution >= 0.6 is 11.8 Å². The Bertz CT molecular complexity index is 928. The van der Waals surface area contributed by atoms with Crippen LogP contribution in [0.25, 0.3) is 0 Å². The van der Waals surface area contributed by atoms with E-state index < -0.39 is 0 Å². The maximum absolute atomic E-state index is 13.1. The Morgan fingerprint density at radius 3 is 2.77 bits per heavy atom. The number of hydrogen-bond acceptors (Lipinski definition) is 4. The van der Waals surface area contributed by atoms with Gasteiger partial charge < -0.3 is 19.9 Å². The molecule has 2 aromatic carbocycles. The van der Waals surface area contributed by atoms with Crippen LogP contribution in [0.2, 0.25) is 0 Å². The van der Waals surface area contributed by atoms with Gasteiger partial charge in [0, 0.05) is 34.9 Å². The monoisotopic (exact) mass is 426 g/mol. The smallest absolute Gasteiger partial charge is 0.259 e. The van der Waals surface area contributed by atoms with Crippen molar-refractivity contribution in [1.29, 1.82) is 0 Å². The van der Waals surface area contributed by atoms with Gasteiger partial charge >= 0.3 is 0 Å². The normalized spacial score (nSPS) is 16.6. The standard InChI is InChI=1S/C23H27N3O3S/c1-2-26-19-16-17(22(27)24-10-5-11-25-12-14-29-15-13-25)8-9-21(19)30-20-7-4-3-6-18(20)23(26)28/h3-4,6-9,16H,2,5,10-15H2,1H3,(H,24,27)/p+1. The van der Waals surface area contributed by atoms with Gasteiger partial charge in [0.05, 0.1) is 31.0 Å². The summed E-state index contributed by atoms with van der Waals surface area (Å²) < 4.78 is 5.38. The number of anilines is 1. The van der Waals surface area contributed by atoms with Gasteiger partial charge in [-0.05, 0) is 37.3 Å². The number of ether oxygens (including phenoxy) is 1. The third-order valence-corrected chi connectivity index (χ3v) is 6.74. The molecule has 1 fully saturated rings. The molecule has 7 heteroatoms. The fourth-order valence-electron chi connectivity index (χ4n) is 3.93. The van der Waals surface area contributed by atoms with Crippen molar-refractivity contribution < 1.29 is 19.2 Å². The number of rotatable bonds is 6. The predicted molar refractivity (Wildman–Crippen MR) is 118 cm³/mol. The zero-order valence-electron chi connectivity index (χ0n) is 17.3. The number of benzene rings is 2. The first-order chi connectivity index (χ1) is 14.7. The molecular weight excluding hydrogens is 398 g/mol. The minimum absolute atomic E-state index is 0.0228. The molecule has 30 heavy (non-hydrogen) atoms. The molecule has 2 aromatic rings. The molecule has 2 heterocycles. The summed E-state index contributed by atoms with van der Waals surface area (Å²) >= 11 is 1.58. The van der Waals surface area contributed by atoms with Crippen LogP contribution in [0.3, 0.4) is 0 Å². The summed E-state index contributed by atoms with van der Waals surface area (Å²) in [7, 11) is 0. The van der Waals surface area contributed by atoms with Crippen LogP contribution in [0, 0.1) is 0 Å². The Labute approximate surface area is 181 Å². The third-order valence-electron chi connectivity index (χ3n) is 5.60. The quantitative estimate of drug-likeness (QED) is 0.692. The molecule has 2 aliphatic rings. The minimum atomic E-state index is -0.0926. The van der Waals surface area contributed by atoms with Crippen LogP contribution in [0.15, 0.2) is 52.3 Å². The number of nitrogens with zero attached hydrogens (tertiary/aromatic N) is 1. The number of fused-ring (bicyclic) bond motifs is 2. The molecule has 0 spiro atoms. The van der Waals surface area contributed by atoms with Crippen LogP contribution in [0.4, 0.5) is 5.69 Å². The zero-order valence-corrected chi connectivity index (χ0v) is 18.1. The van der Waals surface area contributed by atoms with Gasteiger partial charge in [-0.15, -0.1) is 0 Å². The van der Waals surface area contributed by atoms with Crippen molar-refractivity contribution in [2.45, 2.75) is 23.1 Å². The van der Waals surface area contributed by atoms with E-state index in [4.69, 9.17) is 4.74 Å². The van der Waals surface area contributed by atoms with Crippen molar-refractivity contribution in [1.82, 2.24) is 5.32 Å². The van der Waals surface area contributed by atoms with E-state index in [2.05, 4.69) is 5.32 Å². The van der Waals surface area contributed by atoms with Gasteiger partial charge in [-0.2, -0.15) is 0 Å². The molecule has 0 unspecified atom stereocenters. The molecule has 0 saturated carbocycles. The molecule has 6 nitrogen and oxygen atoms in total. The molecule has 1 saturated heterocycles. The van der Waals surface area contributed by atoms with Crippen molar-refractivity contribution in [3.8, 4) is 0 Å². The fourth-order valence-corrected chi connectivity index (χ4v) is 4.99. The number of morpholine rings is 1. The second-order valence-electron chi connectivity index (χ2n) is 7.55. The summed E-state index contributed by atoms with van der Waals surface area (Å²) in [5.74, 6) is -0.115. The first-order valence-electron chi connectivity index (χ1n) is 10.6. The van der Waals surface area contributed by atoms with E-state index in [1.165, 1.54) is 4.90 Å². The first-order valence-corrected chi connectivity index (χ1v) is 11.4. The molecule has 2 aliphatic heterocycles. The van der Waals surface area contributed by atoms with E-state index in [-0.39, 0.29) is 11.8 Å². The van der Waals surface area contributed by atoms with Crippen LogP contribution in [-0.4, -0.2) is 57.8 Å². The molecule has 0 aromatic heterocycles. The zero-order chi connectivity index (χ0) is 20.9. The van der Waals surface area contributed by atoms with Crippen LogP contribution in [0.1, 0.15) is 34.1 Å². The highest BCUT2D eigenvalue weighted by Gasteiger charge is 2.27. The number of quaternary nitrogens is 1. The van der Waals surface area contributed by atoms with E-state index in [0.717, 1.165) is 54.7 Å². The van der Waals surface area contributed by atoms with E-state index >= 15 is 0 Å². The number of amides is 2. The summed E-state index contributed by atoms with van der Waals surface area (Å²) in [4.78, 5) is 31.0. The van der Waals surface area contributed by atoms with Crippen LogP contribution in [0.5, 0.6) is 0 Å². The van der Waals surface area contributed by atoms with Gasteiger partial charge in [-0.3, -0.25) is 9.59 Å². The topological polar surface area (TPSA) is 63.1 Å². The number of hydrogen-bond donors (Lipinski definition) is 2. The molecule has 4 rings (SSSR count). The maximum Gasteiger partial charge on any atom is 0.259 e. The van der Waals surface area contributed by atoms with Crippen molar-refractivity contribution in [3.05, 3.63) is 53.6 Å². The Kier molecular flexibility index (Phi) is 6.72. The molecule has 0 atom stereocenters. The first kappa shape index (κ1) is 20.9. The van der Waals surface area contributed by atoms with E-state index in [1.807, 2.05) is 49.4 Å². The summed E-state index contributed by atoms with van der Waals surface area (Å²) in [5, 5.41) is 3.03. The lowest BCUT2D eigenvalue weighted by Gasteiger charge is -2.23. The molecule has 2 N–H and O–H groups in total. The molecule has 0 bridgehead atoms. The number of nitrogens with one attached hydrogen (secondary N) is 2. The van der Waals surface area contributed by atoms with Gasteiger partial charge in [-0.1, -0.05) is 23.9 Å². The molecule has 0 radical (unpaired) electrons. The van der Waals surface area contributed by atoms with Gasteiger partial charge in [0.1, 0.15) is 13.1 Å². The molecule has 2 amide bonds. The average Bonchev–Trinajstić information content (AvgIpc) is 2.90. The van der Waals surface area contributed by atoms with Gasteiger partial charge in [-0.25, -0.2) is 0 Å². The average molecular weight is 427 g/mol. The van der Waals surface area contributed by atoms with Crippen LogP contribution in [-0.2, 0) is 4.74 Å². The van der Waals surface area contributed by atoms with Gasteiger partial charge in [0.2, 0.25) is 0 Å². The highest BCUT2D eigenvalue weighted by atomic mass is 32.2. The summed E-state index contributed by atoms with van der Waals surface area (Å²) in [6.07, 6.45) is 0.941. The Morgan fingerprint density at radius 1 is 1.17 bits per heavy atom. The lowest BCUT2D eigenvalue weighted by molar-refractivity contribution is -0.908. The highest BCUT2D eigenvalue weighted by molar-refractivity contribution is 7.99. The molecule has 0 aliphatic carbocycles. The Morgan fingerprint density at radius 2 is 1.97 bits per heavy atom. The molecule has 158 valence electrons.